The van der Waals surface area contributed by atoms with Crippen LogP contribution in [0.5, 0.6) is 11.5 Å². The molecule has 8 aliphatic rings. The molecular weight excluding hydrogens is 1440 g/mol. The minimum atomic E-state index is -3.15. The average molecular weight is 1530 g/mol. The number of anilines is 6. The second-order valence-electron chi connectivity index (χ2n) is 28.0. The molecule has 7 N–H and O–H groups in total. The Morgan fingerprint density at radius 2 is 1.45 bits per heavy atom. The summed E-state index contributed by atoms with van der Waals surface area (Å²) in [6.45, 7) is 23.7. The lowest BCUT2D eigenvalue weighted by molar-refractivity contribution is -0.158. The molecule has 11 heterocycles. The lowest BCUT2D eigenvalue weighted by Gasteiger charge is -2.40. The van der Waals surface area contributed by atoms with Crippen LogP contribution in [0.3, 0.4) is 0 Å². The van der Waals surface area contributed by atoms with Gasteiger partial charge in [0.2, 0.25) is 5.76 Å². The van der Waals surface area contributed by atoms with E-state index in [1.165, 1.54) is 24.6 Å². The van der Waals surface area contributed by atoms with Crippen molar-refractivity contribution in [3.63, 3.8) is 0 Å². The topological polar surface area (TPSA) is 284 Å². The van der Waals surface area contributed by atoms with Gasteiger partial charge >= 0.3 is 12.1 Å². The first-order chi connectivity index (χ1) is 54.0. The number of nitrogens with one attached hydrogen (secondary N) is 7. The summed E-state index contributed by atoms with van der Waals surface area (Å²) in [5.74, 6) is 2.67. The van der Waals surface area contributed by atoms with Gasteiger partial charge < -0.3 is 89.3 Å². The van der Waals surface area contributed by atoms with Crippen LogP contribution < -0.4 is 55.7 Å². The number of allylic oxidation sites excluding steroid dienone is 1. The average Bonchev–Trinajstić information content (AvgIpc) is 1.54. The van der Waals surface area contributed by atoms with Gasteiger partial charge in [0.25, 0.3) is 23.6 Å². The summed E-state index contributed by atoms with van der Waals surface area (Å²) in [6.07, 6.45) is -0.217. The van der Waals surface area contributed by atoms with Crippen LogP contribution in [0, 0.1) is 13.8 Å². The van der Waals surface area contributed by atoms with Gasteiger partial charge in [-0.05, 0) is 150 Å². The number of imide groups is 1. The minimum Gasteiger partial charge on any atom is -0.497 e. The number of esters is 1. The Balaban J connectivity index is 0.000000125. The molecule has 2 saturated heterocycles. The molecule has 9 aromatic rings. The summed E-state index contributed by atoms with van der Waals surface area (Å²) in [4.78, 5) is 85.1. The van der Waals surface area contributed by atoms with Crippen LogP contribution >= 0.6 is 0 Å². The van der Waals surface area contributed by atoms with Gasteiger partial charge in [-0.15, -0.1) is 0 Å². The highest BCUT2D eigenvalue weighted by atomic mass is 19.3. The van der Waals surface area contributed by atoms with Crippen LogP contribution in [-0.2, 0) is 52.7 Å². The molecule has 0 aliphatic carbocycles. The fourth-order valence-corrected chi connectivity index (χ4v) is 14.4. The van der Waals surface area contributed by atoms with E-state index in [0.29, 0.717) is 48.0 Å². The predicted molar refractivity (Wildman–Crippen MR) is 429 cm³/mol. The fraction of sp³-hybridized carbons (Fsp3) is 0.369. The summed E-state index contributed by atoms with van der Waals surface area (Å²) in [5, 5.41) is 17.8. The van der Waals surface area contributed by atoms with Crippen LogP contribution in [0.25, 0.3) is 33.2 Å². The molecule has 8 aliphatic heterocycles. The summed E-state index contributed by atoms with van der Waals surface area (Å²) in [5.41, 5.74) is 15.8. The van der Waals surface area contributed by atoms with Gasteiger partial charge in [0.05, 0.1) is 49.4 Å². The molecule has 3 aromatic heterocycles. The SMILES string of the molecule is CC(F)(F)Oc1ccc2[nH]c3c(c2c1)CNCC3.CCOC(=O)C1=C(C)OC2C1Nc1ccccc1N2CC.CN1C(=O)c2cccc(N(C)C)c2C1=O.COc1ccc2[nH]c3c(c2c1)CC(C)NC3=O.Cc1cc(N2CCNCC2)nc(-c2ccccc2C)n1.O=C(Nc1ccc(N2CCOCC2)cc1)C1=COCCO1. The monoisotopic (exact) mass is 1530 g/mol. The number of aromatic amines is 2. The van der Waals surface area contributed by atoms with Gasteiger partial charge in [-0.25, -0.2) is 14.8 Å². The second-order valence-corrected chi connectivity index (χ2v) is 28.0. The summed E-state index contributed by atoms with van der Waals surface area (Å²) in [6, 6.07) is 42.3. The van der Waals surface area contributed by atoms with Gasteiger partial charge in [0, 0.05) is 161 Å². The van der Waals surface area contributed by atoms with Gasteiger partial charge in [0.15, 0.2) is 12.1 Å². The van der Waals surface area contributed by atoms with E-state index in [4.69, 9.17) is 33.4 Å². The van der Waals surface area contributed by atoms with Gasteiger partial charge in [-0.2, -0.15) is 8.78 Å². The zero-order valence-electron chi connectivity index (χ0n) is 65.1. The Labute approximate surface area is 650 Å². The standard InChI is InChI=1S/C16H20N4.C16H20N2O3.C15H18N2O4.C13H14F2N2O.C13H14N2O2.C11H12N2O2/c1-12-5-3-4-6-14(12)16-18-13(2)11-15(19-16)20-9-7-17-8-10-20;1-4-18-12-9-7-6-8-11(12)17-14-13(16(19)20-5-2)10(3)21-15(14)18;18-15(14-11-20-9-10-21-14)16-12-1-3-13(4-2-12)17-5-7-19-8-6-17;1-13(14,15)18-8-2-3-11-9(6-8)10-7-16-5-4-12(10)17-11;1-7-5-10-9-6-8(17-2)3-4-11(9)15-12(10)13(16)14-7;1-12(2)8-6-4-5-7-9(8)11(15)13(3)10(7)14/h3-6,11,17H,7-10H2,1-2H3;6-9,14-15,17H,4-5H2,1-3H3;1-4,11H,5-10H2,(H,16,18);2-3,6,16-17H,4-5,7H2,1H3;3-4,6-7,15H,5H2,1-2H3,(H,14,16);4-6H,1-3H3. The number of ether oxygens (including phenoxy) is 7. The maximum absolute atomic E-state index is 12.8. The number of nitrogens with zero attached hydrogens (tertiary/aromatic N) is 7. The van der Waals surface area contributed by atoms with Crippen molar-refractivity contribution in [2.24, 2.45) is 0 Å². The number of rotatable bonds is 12. The van der Waals surface area contributed by atoms with E-state index < -0.39 is 6.11 Å². The molecule has 17 rings (SSSR count). The number of hydrogen-bond donors (Lipinski definition) is 7. The number of carbonyl (C=O) groups excluding carboxylic acids is 5. The zero-order valence-corrected chi connectivity index (χ0v) is 65.1. The maximum Gasteiger partial charge on any atom is 0.394 e. The van der Waals surface area contributed by atoms with E-state index in [9.17, 15) is 32.8 Å². The van der Waals surface area contributed by atoms with Crippen molar-refractivity contribution in [3.8, 4) is 22.9 Å². The highest BCUT2D eigenvalue weighted by Crippen LogP contribution is 2.42. The number of halogens is 2. The number of para-hydroxylation sites is 2. The summed E-state index contributed by atoms with van der Waals surface area (Å²) >= 11 is 0. The van der Waals surface area contributed by atoms with Crippen LogP contribution in [-0.4, -0.2) is 192 Å². The highest BCUT2D eigenvalue weighted by molar-refractivity contribution is 6.23. The minimum absolute atomic E-state index is 0.0195. The van der Waals surface area contributed by atoms with E-state index in [-0.39, 0.29) is 59.4 Å². The largest absolute Gasteiger partial charge is 0.497 e. The number of amides is 4. The first kappa shape index (κ1) is 79.8. The predicted octanol–water partition coefficient (Wildman–Crippen LogP) is 11.7. The van der Waals surface area contributed by atoms with Crippen LogP contribution in [0.4, 0.5) is 43.0 Å². The first-order valence-corrected chi connectivity index (χ1v) is 37.7. The third kappa shape index (κ3) is 18.6. The van der Waals surface area contributed by atoms with Crippen LogP contribution in [0.2, 0.25) is 0 Å². The maximum atomic E-state index is 12.8. The zero-order chi connectivity index (χ0) is 79.3. The number of morpholine rings is 1. The van der Waals surface area contributed by atoms with Crippen LogP contribution in [0.15, 0.2) is 157 Å². The number of aryl methyl sites for hydroxylation is 2. The number of hydrogen-bond acceptors (Lipinski definition) is 21. The molecule has 26 nitrogen and oxygen atoms in total. The Morgan fingerprint density at radius 3 is 2.15 bits per heavy atom. The quantitative estimate of drug-likeness (QED) is 0.0442. The Hall–Kier alpha value is -11.8. The third-order valence-corrected chi connectivity index (χ3v) is 19.9. The van der Waals surface area contributed by atoms with E-state index in [1.807, 2.05) is 126 Å². The molecule has 0 bridgehead atoms. The van der Waals surface area contributed by atoms with Crippen molar-refractivity contribution in [2.45, 2.75) is 92.3 Å². The van der Waals surface area contributed by atoms with E-state index in [1.54, 1.807) is 37.4 Å². The van der Waals surface area contributed by atoms with Crippen molar-refractivity contribution in [1.82, 2.24) is 40.8 Å². The van der Waals surface area contributed by atoms with Gasteiger partial charge in [-0.1, -0.05) is 42.5 Å². The number of aromatic nitrogens is 4. The number of fused-ring (bicyclic) bond motifs is 9. The molecule has 3 unspecified atom stereocenters. The Morgan fingerprint density at radius 1 is 0.741 bits per heavy atom. The molecule has 0 saturated carbocycles. The van der Waals surface area contributed by atoms with Gasteiger partial charge in [-0.3, -0.25) is 24.1 Å². The third-order valence-electron chi connectivity index (χ3n) is 19.9. The van der Waals surface area contributed by atoms with Crippen molar-refractivity contribution in [2.75, 3.05) is 144 Å². The lowest BCUT2D eigenvalue weighted by Crippen LogP contribution is -2.50. The molecule has 0 radical (unpaired) electrons. The lowest BCUT2D eigenvalue weighted by atomic mass is 9.99. The van der Waals surface area contributed by atoms with E-state index in [2.05, 4.69) is 99.1 Å². The molecule has 0 spiro atoms. The highest BCUT2D eigenvalue weighted by Gasteiger charge is 2.46. The van der Waals surface area contributed by atoms with Crippen molar-refractivity contribution >= 4 is 85.7 Å². The number of methoxy groups -OCH3 is 1. The Kier molecular flexibility index (Phi) is 25.6. The molecule has 6 aromatic carbocycles. The summed E-state index contributed by atoms with van der Waals surface area (Å²) < 4.78 is 62.2. The molecule has 112 heavy (non-hydrogen) atoms. The van der Waals surface area contributed by atoms with E-state index in [0.717, 1.165) is 187 Å². The first-order valence-electron chi connectivity index (χ1n) is 37.7. The smallest absolute Gasteiger partial charge is 0.394 e. The molecule has 2 fully saturated rings. The van der Waals surface area contributed by atoms with Crippen molar-refractivity contribution in [1.29, 1.82) is 0 Å². The number of likely N-dealkylation sites (N-methyl/N-ethyl adjacent to an activating group) is 1. The van der Waals surface area contributed by atoms with Crippen molar-refractivity contribution < 1.29 is 65.9 Å². The fourth-order valence-electron chi connectivity index (χ4n) is 14.4. The van der Waals surface area contributed by atoms with E-state index >= 15 is 0 Å². The summed E-state index contributed by atoms with van der Waals surface area (Å²) in [7, 11) is 6.86. The molecule has 4 amide bonds. The van der Waals surface area contributed by atoms with Gasteiger partial charge in [0.1, 0.15) is 59.9 Å². The normalized spacial score (nSPS) is 17.8. The Bertz CT molecular complexity index is 4950. The number of H-pyrrole nitrogens is 2. The van der Waals surface area contributed by atoms with Crippen LogP contribution in [0.1, 0.15) is 93.9 Å². The second kappa shape index (κ2) is 35.9. The molecule has 28 heteroatoms. The molecule has 3 atom stereocenters. The number of alkyl halides is 2. The molecular formula is C84H98F2N14O12. The number of benzene rings is 6. The number of carbonyl (C=O) groups is 5. The molecule has 590 valence electrons. The van der Waals surface area contributed by atoms with Crippen molar-refractivity contribution in [3.05, 3.63) is 202 Å². The number of piperazine rings is 1.